The first-order chi connectivity index (χ1) is 8.97. The maximum atomic E-state index is 12.0. The molecule has 0 saturated carbocycles. The molecular formula is C14H22N2O3. The van der Waals surface area contributed by atoms with Gasteiger partial charge >= 0.3 is 5.97 Å². The summed E-state index contributed by atoms with van der Waals surface area (Å²) in [6.45, 7) is 6.09. The average molecular weight is 266 g/mol. The molecule has 1 unspecified atom stereocenters. The second kappa shape index (κ2) is 6.97. The largest absolute Gasteiger partial charge is 0.481 e. The normalized spacial score (nSPS) is 12.4. The molecule has 1 amide bonds. The molecule has 0 aliphatic rings. The zero-order valence-corrected chi connectivity index (χ0v) is 11.7. The Kier molecular flexibility index (Phi) is 5.60. The fraction of sp³-hybridized carbons (Fsp3) is 0.571. The molecule has 1 atom stereocenters. The van der Waals surface area contributed by atoms with Gasteiger partial charge in [-0.3, -0.25) is 9.59 Å². The smallest absolute Gasteiger partial charge is 0.308 e. The molecular weight excluding hydrogens is 244 g/mol. The Bertz CT molecular complexity index is 438. The molecule has 2 N–H and O–H groups in total. The molecule has 0 aliphatic heterocycles. The number of rotatable bonds is 7. The molecule has 0 aliphatic carbocycles. The van der Waals surface area contributed by atoms with Crippen molar-refractivity contribution in [2.45, 2.75) is 39.7 Å². The van der Waals surface area contributed by atoms with Crippen LogP contribution in [0.4, 0.5) is 0 Å². The van der Waals surface area contributed by atoms with Gasteiger partial charge in [-0.05, 0) is 32.4 Å². The molecule has 106 valence electrons. The highest BCUT2D eigenvalue weighted by atomic mass is 16.4. The lowest BCUT2D eigenvalue weighted by Gasteiger charge is -2.15. The molecule has 0 fully saturated rings. The van der Waals surface area contributed by atoms with E-state index in [0.717, 1.165) is 6.42 Å². The number of carboxylic acid groups (broad SMARTS) is 1. The molecule has 0 aromatic carbocycles. The average Bonchev–Trinajstić information content (AvgIpc) is 2.82. The van der Waals surface area contributed by atoms with E-state index in [9.17, 15) is 9.59 Å². The molecule has 5 heteroatoms. The van der Waals surface area contributed by atoms with Crippen molar-refractivity contribution in [2.24, 2.45) is 5.92 Å². The maximum absolute atomic E-state index is 12.0. The summed E-state index contributed by atoms with van der Waals surface area (Å²) in [7, 11) is 0. The summed E-state index contributed by atoms with van der Waals surface area (Å²) in [5.41, 5.74) is 0.565. The summed E-state index contributed by atoms with van der Waals surface area (Å²) >= 11 is 0. The quantitative estimate of drug-likeness (QED) is 0.795. The molecule has 1 aromatic heterocycles. The summed E-state index contributed by atoms with van der Waals surface area (Å²) in [5.74, 6) is -1.60. The molecule has 1 rings (SSSR count). The Morgan fingerprint density at radius 1 is 1.42 bits per heavy atom. The zero-order chi connectivity index (χ0) is 14.4. The second-order valence-electron chi connectivity index (χ2n) is 4.93. The van der Waals surface area contributed by atoms with Crippen molar-refractivity contribution in [1.82, 2.24) is 9.88 Å². The fourth-order valence-electron chi connectivity index (χ4n) is 2.00. The number of nitrogens with one attached hydrogen (secondary N) is 1. The van der Waals surface area contributed by atoms with E-state index in [4.69, 9.17) is 5.11 Å². The number of carboxylic acids is 1. The van der Waals surface area contributed by atoms with Gasteiger partial charge in [-0.25, -0.2) is 0 Å². The van der Waals surface area contributed by atoms with Gasteiger partial charge in [0.1, 0.15) is 5.69 Å². The standard InChI is InChI=1S/C14H22N2O3/c1-4-6-11(14(18)19)9-15-13(17)12-7-5-8-16(12)10(2)3/h5,7-8,10-11H,4,6,9H2,1-3H3,(H,15,17)(H,18,19). The Labute approximate surface area is 113 Å². The molecule has 5 nitrogen and oxygen atoms in total. The number of carbonyl (C=O) groups excluding carboxylic acids is 1. The van der Waals surface area contributed by atoms with E-state index < -0.39 is 11.9 Å². The van der Waals surface area contributed by atoms with E-state index in [2.05, 4.69) is 5.32 Å². The van der Waals surface area contributed by atoms with Crippen LogP contribution in [-0.4, -0.2) is 28.1 Å². The summed E-state index contributed by atoms with van der Waals surface area (Å²) in [6.07, 6.45) is 3.20. The van der Waals surface area contributed by atoms with Gasteiger partial charge in [0.15, 0.2) is 0 Å². The highest BCUT2D eigenvalue weighted by Crippen LogP contribution is 2.11. The zero-order valence-electron chi connectivity index (χ0n) is 11.7. The van der Waals surface area contributed by atoms with Crippen molar-refractivity contribution in [2.75, 3.05) is 6.54 Å². The maximum Gasteiger partial charge on any atom is 0.308 e. The van der Waals surface area contributed by atoms with Crippen molar-refractivity contribution in [1.29, 1.82) is 0 Å². The van der Waals surface area contributed by atoms with Gasteiger partial charge in [-0.15, -0.1) is 0 Å². The number of amides is 1. The molecule has 1 aromatic rings. The Morgan fingerprint density at radius 2 is 2.11 bits per heavy atom. The van der Waals surface area contributed by atoms with Crippen LogP contribution >= 0.6 is 0 Å². The number of nitrogens with zero attached hydrogens (tertiary/aromatic N) is 1. The predicted molar refractivity (Wildman–Crippen MR) is 73.2 cm³/mol. The van der Waals surface area contributed by atoms with Crippen molar-refractivity contribution in [3.8, 4) is 0 Å². The van der Waals surface area contributed by atoms with Gasteiger partial charge in [-0.1, -0.05) is 13.3 Å². The topological polar surface area (TPSA) is 71.3 Å². The summed E-state index contributed by atoms with van der Waals surface area (Å²) in [6, 6.07) is 3.75. The summed E-state index contributed by atoms with van der Waals surface area (Å²) < 4.78 is 1.87. The van der Waals surface area contributed by atoms with Gasteiger partial charge in [0.05, 0.1) is 5.92 Å². The first-order valence-electron chi connectivity index (χ1n) is 6.65. The number of hydrogen-bond acceptors (Lipinski definition) is 2. The molecule has 0 radical (unpaired) electrons. The van der Waals surface area contributed by atoms with Crippen LogP contribution in [0.2, 0.25) is 0 Å². The number of aliphatic carboxylic acids is 1. The first kappa shape index (κ1) is 15.3. The van der Waals surface area contributed by atoms with E-state index in [1.807, 2.05) is 37.6 Å². The van der Waals surface area contributed by atoms with Crippen LogP contribution < -0.4 is 5.32 Å². The van der Waals surface area contributed by atoms with Crippen molar-refractivity contribution >= 4 is 11.9 Å². The number of aromatic nitrogens is 1. The van der Waals surface area contributed by atoms with Gasteiger partial charge in [0.25, 0.3) is 5.91 Å². The number of hydrogen-bond donors (Lipinski definition) is 2. The second-order valence-corrected chi connectivity index (χ2v) is 4.93. The van der Waals surface area contributed by atoms with Crippen LogP contribution in [0.25, 0.3) is 0 Å². The molecule has 1 heterocycles. The van der Waals surface area contributed by atoms with Gasteiger partial charge in [0, 0.05) is 18.8 Å². The SMILES string of the molecule is CCCC(CNC(=O)c1cccn1C(C)C)C(=O)O. The highest BCUT2D eigenvalue weighted by molar-refractivity contribution is 5.93. The van der Waals surface area contributed by atoms with Crippen LogP contribution in [0.15, 0.2) is 18.3 Å². The third-order valence-electron chi connectivity index (χ3n) is 3.06. The third kappa shape index (κ3) is 4.12. The van der Waals surface area contributed by atoms with Crippen LogP contribution in [-0.2, 0) is 4.79 Å². The lowest BCUT2D eigenvalue weighted by molar-refractivity contribution is -0.141. The minimum Gasteiger partial charge on any atom is -0.481 e. The molecule has 0 saturated heterocycles. The lowest BCUT2D eigenvalue weighted by Crippen LogP contribution is -2.34. The molecule has 19 heavy (non-hydrogen) atoms. The lowest BCUT2D eigenvalue weighted by atomic mass is 10.0. The summed E-state index contributed by atoms with van der Waals surface area (Å²) in [4.78, 5) is 23.0. The van der Waals surface area contributed by atoms with E-state index >= 15 is 0 Å². The van der Waals surface area contributed by atoms with Crippen LogP contribution in [0.3, 0.4) is 0 Å². The van der Waals surface area contributed by atoms with Crippen LogP contribution in [0.1, 0.15) is 50.1 Å². The molecule has 0 bridgehead atoms. The van der Waals surface area contributed by atoms with Crippen LogP contribution in [0.5, 0.6) is 0 Å². The monoisotopic (exact) mass is 266 g/mol. The van der Waals surface area contributed by atoms with E-state index in [1.165, 1.54) is 0 Å². The summed E-state index contributed by atoms with van der Waals surface area (Å²) in [5, 5.41) is 11.7. The Morgan fingerprint density at radius 3 is 2.63 bits per heavy atom. The Hall–Kier alpha value is -1.78. The number of carbonyl (C=O) groups is 2. The third-order valence-corrected chi connectivity index (χ3v) is 3.06. The highest BCUT2D eigenvalue weighted by Gasteiger charge is 2.19. The predicted octanol–water partition coefficient (Wildman–Crippen LogP) is 2.30. The van der Waals surface area contributed by atoms with Crippen molar-refractivity contribution in [3.63, 3.8) is 0 Å². The van der Waals surface area contributed by atoms with Gasteiger partial charge in [0.2, 0.25) is 0 Å². The van der Waals surface area contributed by atoms with Crippen LogP contribution in [0, 0.1) is 5.92 Å². The Balaban J connectivity index is 2.64. The fourth-order valence-corrected chi connectivity index (χ4v) is 2.00. The first-order valence-corrected chi connectivity index (χ1v) is 6.65. The van der Waals surface area contributed by atoms with Crippen molar-refractivity contribution < 1.29 is 14.7 Å². The van der Waals surface area contributed by atoms with E-state index in [0.29, 0.717) is 12.1 Å². The van der Waals surface area contributed by atoms with Gasteiger partial charge < -0.3 is 15.0 Å². The van der Waals surface area contributed by atoms with Gasteiger partial charge in [-0.2, -0.15) is 0 Å². The van der Waals surface area contributed by atoms with Crippen molar-refractivity contribution in [3.05, 3.63) is 24.0 Å². The van der Waals surface area contributed by atoms with E-state index in [-0.39, 0.29) is 18.5 Å². The van der Waals surface area contributed by atoms with E-state index in [1.54, 1.807) is 6.07 Å². The minimum atomic E-state index is -0.860. The molecule has 0 spiro atoms. The minimum absolute atomic E-state index is 0.172.